The minimum atomic E-state index is -0.243. The van der Waals surface area contributed by atoms with Gasteiger partial charge in [0, 0.05) is 28.0 Å². The van der Waals surface area contributed by atoms with Crippen molar-refractivity contribution < 1.29 is 4.79 Å². The first kappa shape index (κ1) is 14.9. The maximum Gasteiger partial charge on any atom is 0.274 e. The summed E-state index contributed by atoms with van der Waals surface area (Å²) in [5.41, 5.74) is 3.35. The highest BCUT2D eigenvalue weighted by Crippen LogP contribution is 2.22. The van der Waals surface area contributed by atoms with E-state index in [2.05, 4.69) is 10.3 Å². The molecule has 0 radical (unpaired) electrons. The SMILES string of the molecule is Cc1ccc(NC(=O)c2c(C)nc3cc(Cl)ccn23)cc1Cl. The Bertz CT molecular complexity index is 886. The number of benzene rings is 1. The fourth-order valence-corrected chi connectivity index (χ4v) is 2.61. The summed E-state index contributed by atoms with van der Waals surface area (Å²) in [5, 5.41) is 4.03. The van der Waals surface area contributed by atoms with E-state index in [9.17, 15) is 4.79 Å². The van der Waals surface area contributed by atoms with Crippen LogP contribution in [0.5, 0.6) is 0 Å². The van der Waals surface area contributed by atoms with Crippen molar-refractivity contribution in [2.45, 2.75) is 13.8 Å². The zero-order chi connectivity index (χ0) is 15.9. The topological polar surface area (TPSA) is 46.4 Å². The molecule has 0 spiro atoms. The first-order valence-electron chi connectivity index (χ1n) is 6.67. The van der Waals surface area contributed by atoms with Crippen molar-refractivity contribution in [3.8, 4) is 0 Å². The molecule has 6 heteroatoms. The van der Waals surface area contributed by atoms with Crippen molar-refractivity contribution in [1.29, 1.82) is 0 Å². The van der Waals surface area contributed by atoms with Crippen LogP contribution in [0.25, 0.3) is 5.65 Å². The normalized spacial score (nSPS) is 10.9. The number of fused-ring (bicyclic) bond motifs is 1. The van der Waals surface area contributed by atoms with Gasteiger partial charge in [0.05, 0.1) is 5.69 Å². The first-order valence-corrected chi connectivity index (χ1v) is 7.43. The summed E-state index contributed by atoms with van der Waals surface area (Å²) >= 11 is 12.0. The molecule has 0 bridgehead atoms. The number of nitrogens with zero attached hydrogens (tertiary/aromatic N) is 2. The Hall–Kier alpha value is -2.04. The molecule has 22 heavy (non-hydrogen) atoms. The maximum absolute atomic E-state index is 12.5. The van der Waals surface area contributed by atoms with Gasteiger partial charge < -0.3 is 5.32 Å². The second kappa shape index (κ2) is 5.63. The largest absolute Gasteiger partial charge is 0.321 e. The first-order chi connectivity index (χ1) is 10.5. The van der Waals surface area contributed by atoms with Gasteiger partial charge in [-0.15, -0.1) is 0 Å². The number of amides is 1. The van der Waals surface area contributed by atoms with Gasteiger partial charge in [-0.05, 0) is 37.6 Å². The van der Waals surface area contributed by atoms with Crippen LogP contribution in [0, 0.1) is 13.8 Å². The van der Waals surface area contributed by atoms with E-state index in [1.54, 1.807) is 35.7 Å². The van der Waals surface area contributed by atoms with Gasteiger partial charge >= 0.3 is 0 Å². The van der Waals surface area contributed by atoms with Crippen molar-refractivity contribution in [1.82, 2.24) is 9.38 Å². The summed E-state index contributed by atoms with van der Waals surface area (Å²) < 4.78 is 1.71. The molecule has 2 aromatic heterocycles. The van der Waals surface area contributed by atoms with E-state index in [0.29, 0.717) is 32.8 Å². The van der Waals surface area contributed by atoms with Crippen LogP contribution in [-0.2, 0) is 0 Å². The molecule has 1 N–H and O–H groups in total. The second-order valence-corrected chi connectivity index (χ2v) is 5.88. The lowest BCUT2D eigenvalue weighted by Crippen LogP contribution is -2.15. The van der Waals surface area contributed by atoms with Crippen molar-refractivity contribution in [2.24, 2.45) is 0 Å². The number of nitrogens with one attached hydrogen (secondary N) is 1. The van der Waals surface area contributed by atoms with Crippen LogP contribution in [0.1, 0.15) is 21.7 Å². The van der Waals surface area contributed by atoms with Crippen molar-refractivity contribution >= 4 is 40.4 Å². The zero-order valence-electron chi connectivity index (χ0n) is 12.0. The quantitative estimate of drug-likeness (QED) is 0.749. The molecule has 0 aliphatic rings. The van der Waals surface area contributed by atoms with Gasteiger partial charge in [0.1, 0.15) is 11.3 Å². The molecule has 3 aromatic rings. The molecule has 1 aromatic carbocycles. The van der Waals surface area contributed by atoms with Crippen molar-refractivity contribution in [3.05, 3.63) is 63.5 Å². The van der Waals surface area contributed by atoms with E-state index in [1.807, 2.05) is 19.1 Å². The number of carbonyl (C=O) groups is 1. The van der Waals surface area contributed by atoms with Gasteiger partial charge in [0.2, 0.25) is 0 Å². The van der Waals surface area contributed by atoms with Crippen LogP contribution >= 0.6 is 23.2 Å². The molecule has 112 valence electrons. The van der Waals surface area contributed by atoms with E-state index in [0.717, 1.165) is 5.56 Å². The fourth-order valence-electron chi connectivity index (χ4n) is 2.27. The summed E-state index contributed by atoms with van der Waals surface area (Å²) in [4.78, 5) is 16.9. The summed E-state index contributed by atoms with van der Waals surface area (Å²) in [6.07, 6.45) is 1.73. The number of hydrogen-bond acceptors (Lipinski definition) is 2. The van der Waals surface area contributed by atoms with Gasteiger partial charge in [-0.25, -0.2) is 4.98 Å². The Kier molecular flexibility index (Phi) is 3.81. The number of aromatic nitrogens is 2. The van der Waals surface area contributed by atoms with Gasteiger partial charge in [0.15, 0.2) is 0 Å². The van der Waals surface area contributed by atoms with Crippen LogP contribution < -0.4 is 5.32 Å². The predicted octanol–water partition coefficient (Wildman–Crippen LogP) is 4.51. The summed E-state index contributed by atoms with van der Waals surface area (Å²) in [6, 6.07) is 8.83. The predicted molar refractivity (Wildman–Crippen MR) is 89.1 cm³/mol. The number of rotatable bonds is 2. The van der Waals surface area contributed by atoms with E-state index in [1.165, 1.54) is 0 Å². The lowest BCUT2D eigenvalue weighted by atomic mass is 10.2. The monoisotopic (exact) mass is 333 g/mol. The molecule has 0 atom stereocenters. The van der Waals surface area contributed by atoms with Crippen molar-refractivity contribution in [3.63, 3.8) is 0 Å². The van der Waals surface area contributed by atoms with E-state index >= 15 is 0 Å². The number of halogens is 2. The Morgan fingerprint density at radius 2 is 1.95 bits per heavy atom. The highest BCUT2D eigenvalue weighted by atomic mass is 35.5. The number of imidazole rings is 1. The fraction of sp³-hybridized carbons (Fsp3) is 0.125. The number of pyridine rings is 1. The highest BCUT2D eigenvalue weighted by Gasteiger charge is 2.17. The Labute approximate surface area is 137 Å². The molecule has 0 fully saturated rings. The lowest BCUT2D eigenvalue weighted by molar-refractivity contribution is 0.102. The third-order valence-corrected chi connectivity index (χ3v) is 4.05. The molecule has 0 aliphatic heterocycles. The van der Waals surface area contributed by atoms with Crippen molar-refractivity contribution in [2.75, 3.05) is 5.32 Å². The summed E-state index contributed by atoms with van der Waals surface area (Å²) in [7, 11) is 0. The van der Waals surface area contributed by atoms with E-state index in [-0.39, 0.29) is 5.91 Å². The Morgan fingerprint density at radius 3 is 2.68 bits per heavy atom. The minimum absolute atomic E-state index is 0.243. The minimum Gasteiger partial charge on any atom is -0.321 e. The third-order valence-electron chi connectivity index (χ3n) is 3.41. The van der Waals surface area contributed by atoms with Gasteiger partial charge in [-0.2, -0.15) is 0 Å². The second-order valence-electron chi connectivity index (χ2n) is 5.04. The maximum atomic E-state index is 12.5. The van der Waals surface area contributed by atoms with Crippen LogP contribution in [0.15, 0.2) is 36.5 Å². The van der Waals surface area contributed by atoms with Crippen LogP contribution in [0.4, 0.5) is 5.69 Å². The Balaban J connectivity index is 1.98. The number of anilines is 1. The van der Waals surface area contributed by atoms with Gasteiger partial charge in [0.25, 0.3) is 5.91 Å². The average Bonchev–Trinajstić information content (AvgIpc) is 2.78. The lowest BCUT2D eigenvalue weighted by Gasteiger charge is -2.07. The van der Waals surface area contributed by atoms with Crippen LogP contribution in [-0.4, -0.2) is 15.3 Å². The third kappa shape index (κ3) is 2.67. The molecule has 3 rings (SSSR count). The number of aryl methyl sites for hydroxylation is 2. The molecule has 4 nitrogen and oxygen atoms in total. The molecule has 0 unspecified atom stereocenters. The van der Waals surface area contributed by atoms with Gasteiger partial charge in [-0.1, -0.05) is 29.3 Å². The van der Waals surface area contributed by atoms with Crippen LogP contribution in [0.3, 0.4) is 0 Å². The highest BCUT2D eigenvalue weighted by molar-refractivity contribution is 6.31. The van der Waals surface area contributed by atoms with Gasteiger partial charge in [-0.3, -0.25) is 9.20 Å². The average molecular weight is 334 g/mol. The molecular formula is C16H13Cl2N3O. The summed E-state index contributed by atoms with van der Waals surface area (Å²) in [6.45, 7) is 3.70. The molecule has 0 saturated carbocycles. The molecule has 2 heterocycles. The standard InChI is InChI=1S/C16H13Cl2N3O/c1-9-3-4-12(8-13(9)18)20-16(22)15-10(2)19-14-7-11(17)5-6-21(14)15/h3-8H,1-2H3,(H,20,22). The molecule has 0 aliphatic carbocycles. The Morgan fingerprint density at radius 1 is 1.18 bits per heavy atom. The summed E-state index contributed by atoms with van der Waals surface area (Å²) in [5.74, 6) is -0.243. The smallest absolute Gasteiger partial charge is 0.274 e. The number of carbonyl (C=O) groups excluding carboxylic acids is 1. The molecular weight excluding hydrogens is 321 g/mol. The van der Waals surface area contributed by atoms with E-state index in [4.69, 9.17) is 23.2 Å². The number of hydrogen-bond donors (Lipinski definition) is 1. The zero-order valence-corrected chi connectivity index (χ0v) is 13.5. The molecule has 0 saturated heterocycles. The van der Waals surface area contributed by atoms with Crippen LogP contribution in [0.2, 0.25) is 10.0 Å². The van der Waals surface area contributed by atoms with E-state index < -0.39 is 0 Å². The molecule has 1 amide bonds.